The Balaban J connectivity index is 1.33. The van der Waals surface area contributed by atoms with E-state index in [1.54, 1.807) is 6.20 Å². The second kappa shape index (κ2) is 7.39. The van der Waals surface area contributed by atoms with Gasteiger partial charge in [-0.25, -0.2) is 4.98 Å². The molecule has 0 saturated carbocycles. The molecule has 0 radical (unpaired) electrons. The van der Waals surface area contributed by atoms with Crippen molar-refractivity contribution >= 4 is 22.8 Å². The lowest BCUT2D eigenvalue weighted by molar-refractivity contribution is -0.133. The molecule has 0 aliphatic carbocycles. The molecular formula is C20H20N4O2. The summed E-state index contributed by atoms with van der Waals surface area (Å²) in [5.41, 5.74) is 1.78. The maximum absolute atomic E-state index is 12.3. The number of hydrogen-bond donors (Lipinski definition) is 0. The lowest BCUT2D eigenvalue weighted by Gasteiger charge is -2.35. The highest BCUT2D eigenvalue weighted by molar-refractivity contribution is 5.78. The number of benzene rings is 2. The smallest absolute Gasteiger partial charge is 0.260 e. The van der Waals surface area contributed by atoms with E-state index in [9.17, 15) is 4.79 Å². The normalized spacial score (nSPS) is 14.5. The van der Waals surface area contributed by atoms with Crippen molar-refractivity contribution in [3.63, 3.8) is 0 Å². The van der Waals surface area contributed by atoms with E-state index < -0.39 is 0 Å². The number of nitrogens with zero attached hydrogens (tertiary/aromatic N) is 4. The fourth-order valence-corrected chi connectivity index (χ4v) is 3.04. The first-order chi connectivity index (χ1) is 12.8. The number of hydrogen-bond acceptors (Lipinski definition) is 5. The largest absolute Gasteiger partial charge is 0.484 e. The molecule has 0 unspecified atom stereocenters. The highest BCUT2D eigenvalue weighted by atomic mass is 16.5. The maximum atomic E-state index is 12.3. The molecule has 132 valence electrons. The fraction of sp³-hybridized carbons (Fsp3) is 0.250. The van der Waals surface area contributed by atoms with E-state index in [4.69, 9.17) is 4.74 Å². The molecule has 1 saturated heterocycles. The Bertz CT molecular complexity index is 892. The van der Waals surface area contributed by atoms with Gasteiger partial charge in [-0.2, -0.15) is 0 Å². The number of carbonyl (C=O) groups is 1. The van der Waals surface area contributed by atoms with E-state index in [-0.39, 0.29) is 12.5 Å². The van der Waals surface area contributed by atoms with Crippen molar-refractivity contribution in [1.82, 2.24) is 14.9 Å². The van der Waals surface area contributed by atoms with E-state index >= 15 is 0 Å². The third-order valence-electron chi connectivity index (χ3n) is 4.50. The Hall–Kier alpha value is -3.15. The summed E-state index contributed by atoms with van der Waals surface area (Å²) in [6, 6.07) is 17.2. The molecule has 0 spiro atoms. The third-order valence-corrected chi connectivity index (χ3v) is 4.50. The Morgan fingerprint density at radius 2 is 1.62 bits per heavy atom. The van der Waals surface area contributed by atoms with Crippen molar-refractivity contribution in [3.8, 4) is 5.75 Å². The number of para-hydroxylation sites is 3. The molecule has 1 aliphatic heterocycles. The highest BCUT2D eigenvalue weighted by Gasteiger charge is 2.22. The summed E-state index contributed by atoms with van der Waals surface area (Å²) in [5.74, 6) is 1.58. The number of carbonyl (C=O) groups excluding carboxylic acids is 1. The van der Waals surface area contributed by atoms with Gasteiger partial charge in [-0.3, -0.25) is 9.78 Å². The van der Waals surface area contributed by atoms with E-state index in [0.29, 0.717) is 18.8 Å². The molecule has 6 nitrogen and oxygen atoms in total. The number of rotatable bonds is 4. The number of ether oxygens (including phenoxy) is 1. The molecule has 1 aromatic heterocycles. The number of fused-ring (bicyclic) bond motifs is 1. The zero-order chi connectivity index (χ0) is 17.8. The van der Waals surface area contributed by atoms with Crippen molar-refractivity contribution in [2.75, 3.05) is 37.7 Å². The standard InChI is InChI=1S/C20H20N4O2/c25-20(15-26-16-6-2-1-3-7-16)24-12-10-23(11-13-24)19-14-21-17-8-4-5-9-18(17)22-19/h1-9,14H,10-13,15H2. The van der Waals surface area contributed by atoms with E-state index in [0.717, 1.165) is 29.9 Å². The Kier molecular flexibility index (Phi) is 4.64. The highest BCUT2D eigenvalue weighted by Crippen LogP contribution is 2.17. The molecule has 1 fully saturated rings. The van der Waals surface area contributed by atoms with Gasteiger partial charge >= 0.3 is 0 Å². The minimum absolute atomic E-state index is 0.0121. The summed E-state index contributed by atoms with van der Waals surface area (Å²) in [5, 5.41) is 0. The van der Waals surface area contributed by atoms with Crippen LogP contribution in [-0.4, -0.2) is 53.6 Å². The van der Waals surface area contributed by atoms with Gasteiger partial charge in [0.2, 0.25) is 0 Å². The van der Waals surface area contributed by atoms with Crippen molar-refractivity contribution in [3.05, 3.63) is 60.8 Å². The van der Waals surface area contributed by atoms with Crippen LogP contribution in [0.25, 0.3) is 11.0 Å². The monoisotopic (exact) mass is 348 g/mol. The molecule has 0 bridgehead atoms. The predicted octanol–water partition coefficient (Wildman–Crippen LogP) is 2.36. The summed E-state index contributed by atoms with van der Waals surface area (Å²) in [6.07, 6.45) is 1.80. The molecule has 6 heteroatoms. The molecule has 1 amide bonds. The third kappa shape index (κ3) is 3.59. The predicted molar refractivity (Wildman–Crippen MR) is 100 cm³/mol. The molecule has 0 N–H and O–H groups in total. The van der Waals surface area contributed by atoms with E-state index in [1.807, 2.05) is 59.5 Å². The molecular weight excluding hydrogens is 328 g/mol. The van der Waals surface area contributed by atoms with Crippen molar-refractivity contribution in [2.24, 2.45) is 0 Å². The van der Waals surface area contributed by atoms with E-state index in [1.165, 1.54) is 0 Å². The minimum Gasteiger partial charge on any atom is -0.484 e. The fourth-order valence-electron chi connectivity index (χ4n) is 3.04. The average Bonchev–Trinajstić information content (AvgIpc) is 2.72. The average molecular weight is 348 g/mol. The van der Waals surface area contributed by atoms with Crippen LogP contribution in [0.5, 0.6) is 5.75 Å². The summed E-state index contributed by atoms with van der Waals surface area (Å²) >= 11 is 0. The summed E-state index contributed by atoms with van der Waals surface area (Å²) in [4.78, 5) is 25.5. The quantitative estimate of drug-likeness (QED) is 0.724. The van der Waals surface area contributed by atoms with Crippen molar-refractivity contribution < 1.29 is 9.53 Å². The maximum Gasteiger partial charge on any atom is 0.260 e. The van der Waals surface area contributed by atoms with Crippen molar-refractivity contribution in [1.29, 1.82) is 0 Å². The minimum atomic E-state index is 0.0121. The molecule has 1 aliphatic rings. The van der Waals surface area contributed by atoms with Crippen LogP contribution in [0.3, 0.4) is 0 Å². The molecule has 2 aromatic carbocycles. The summed E-state index contributed by atoms with van der Waals surface area (Å²) in [6.45, 7) is 2.87. The first kappa shape index (κ1) is 16.3. The Labute approximate surface area is 152 Å². The van der Waals surface area contributed by atoms with Gasteiger partial charge in [0.25, 0.3) is 5.91 Å². The Morgan fingerprint density at radius 1 is 0.923 bits per heavy atom. The number of anilines is 1. The lowest BCUT2D eigenvalue weighted by atomic mass is 10.3. The molecule has 0 atom stereocenters. The van der Waals surface area contributed by atoms with Gasteiger partial charge < -0.3 is 14.5 Å². The van der Waals surface area contributed by atoms with Gasteiger partial charge in [-0.1, -0.05) is 30.3 Å². The van der Waals surface area contributed by atoms with Gasteiger partial charge in [-0.15, -0.1) is 0 Å². The topological polar surface area (TPSA) is 58.6 Å². The van der Waals surface area contributed by atoms with Gasteiger partial charge in [0.1, 0.15) is 11.6 Å². The molecule has 3 aromatic rings. The number of aromatic nitrogens is 2. The van der Waals surface area contributed by atoms with E-state index in [2.05, 4.69) is 14.9 Å². The van der Waals surface area contributed by atoms with Crippen LogP contribution in [0, 0.1) is 0 Å². The first-order valence-corrected chi connectivity index (χ1v) is 8.72. The lowest BCUT2D eigenvalue weighted by Crippen LogP contribution is -2.50. The van der Waals surface area contributed by atoms with Crippen LogP contribution in [0.4, 0.5) is 5.82 Å². The molecule has 4 rings (SSSR count). The summed E-state index contributed by atoms with van der Waals surface area (Å²) < 4.78 is 5.55. The van der Waals surface area contributed by atoms with Crippen LogP contribution in [-0.2, 0) is 4.79 Å². The van der Waals surface area contributed by atoms with Gasteiger partial charge in [0.15, 0.2) is 6.61 Å². The second-order valence-corrected chi connectivity index (χ2v) is 6.19. The van der Waals surface area contributed by atoms with Crippen LogP contribution in [0.1, 0.15) is 0 Å². The number of piperazine rings is 1. The van der Waals surface area contributed by atoms with Gasteiger partial charge in [0, 0.05) is 26.2 Å². The summed E-state index contributed by atoms with van der Waals surface area (Å²) in [7, 11) is 0. The van der Waals surface area contributed by atoms with Gasteiger partial charge in [0.05, 0.1) is 17.2 Å². The molecule has 2 heterocycles. The molecule has 26 heavy (non-hydrogen) atoms. The number of amides is 1. The zero-order valence-corrected chi connectivity index (χ0v) is 14.4. The first-order valence-electron chi connectivity index (χ1n) is 8.72. The van der Waals surface area contributed by atoms with Crippen LogP contribution in [0.15, 0.2) is 60.8 Å². The Morgan fingerprint density at radius 3 is 2.38 bits per heavy atom. The van der Waals surface area contributed by atoms with Crippen LogP contribution < -0.4 is 9.64 Å². The zero-order valence-electron chi connectivity index (χ0n) is 14.4. The van der Waals surface area contributed by atoms with Crippen molar-refractivity contribution in [2.45, 2.75) is 0 Å². The second-order valence-electron chi connectivity index (χ2n) is 6.19. The van der Waals surface area contributed by atoms with Gasteiger partial charge in [-0.05, 0) is 24.3 Å². The SMILES string of the molecule is O=C(COc1ccccc1)N1CCN(c2cnc3ccccc3n2)CC1. The van der Waals surface area contributed by atoms with Crippen LogP contribution in [0.2, 0.25) is 0 Å². The van der Waals surface area contributed by atoms with Crippen LogP contribution >= 0.6 is 0 Å².